The van der Waals surface area contributed by atoms with Crippen LogP contribution >= 0.6 is 12.2 Å². The van der Waals surface area contributed by atoms with E-state index in [0.717, 1.165) is 35.2 Å². The second-order valence-electron chi connectivity index (χ2n) is 9.17. The van der Waals surface area contributed by atoms with E-state index in [-0.39, 0.29) is 34.6 Å². The first kappa shape index (κ1) is 26.1. The standard InChI is InChI=1S/C28H31N5O3S/c1-17-15-33(16-18(2)36-17)24-12-9-21(10-13-24)27(35)30-19(3)25(26(29)34)32-28(37)31-23-11-8-20-6-4-5-7-22(20)14-23/h4-14,17-18H,15-16H2,1-3H3,(H2,29,34)(H,30,35)(H2,31,32,37)/b25-19+/t17-,18+. The van der Waals surface area contributed by atoms with Crippen molar-refractivity contribution in [2.75, 3.05) is 23.3 Å². The molecular formula is C28H31N5O3S. The zero-order chi connectivity index (χ0) is 26.5. The van der Waals surface area contributed by atoms with E-state index in [1.165, 1.54) is 0 Å². The second-order valence-corrected chi connectivity index (χ2v) is 9.58. The van der Waals surface area contributed by atoms with Gasteiger partial charge in [-0.15, -0.1) is 0 Å². The molecule has 3 aromatic rings. The predicted octanol–water partition coefficient (Wildman–Crippen LogP) is 3.89. The van der Waals surface area contributed by atoms with Gasteiger partial charge in [0, 0.05) is 35.7 Å². The molecule has 0 aromatic heterocycles. The molecule has 0 unspecified atom stereocenters. The fraction of sp³-hybridized carbons (Fsp3) is 0.250. The third kappa shape index (κ3) is 6.63. The molecular weight excluding hydrogens is 486 g/mol. The largest absolute Gasteiger partial charge is 0.372 e. The summed E-state index contributed by atoms with van der Waals surface area (Å²) in [7, 11) is 0. The molecule has 5 N–H and O–H groups in total. The Bertz CT molecular complexity index is 1350. The Morgan fingerprint density at radius 1 is 0.946 bits per heavy atom. The number of carbonyl (C=O) groups excluding carboxylic acids is 2. The number of benzene rings is 3. The lowest BCUT2D eigenvalue weighted by molar-refractivity contribution is -0.114. The summed E-state index contributed by atoms with van der Waals surface area (Å²) < 4.78 is 5.79. The van der Waals surface area contributed by atoms with E-state index in [4.69, 9.17) is 22.7 Å². The quantitative estimate of drug-likeness (QED) is 0.290. The van der Waals surface area contributed by atoms with Gasteiger partial charge in [-0.2, -0.15) is 0 Å². The van der Waals surface area contributed by atoms with Crippen LogP contribution < -0.4 is 26.6 Å². The van der Waals surface area contributed by atoms with Gasteiger partial charge >= 0.3 is 0 Å². The highest BCUT2D eigenvalue weighted by atomic mass is 32.1. The SMILES string of the molecule is C/C(NC(=O)c1ccc(N2C[C@@H](C)O[C@@H](C)C2)cc1)=C(\NC(=S)Nc1ccc2ccccc2c1)C(N)=O. The molecule has 1 heterocycles. The minimum Gasteiger partial charge on any atom is -0.372 e. The number of anilines is 2. The number of amides is 2. The fourth-order valence-corrected chi connectivity index (χ4v) is 4.62. The van der Waals surface area contributed by atoms with Crippen molar-refractivity contribution in [1.82, 2.24) is 10.6 Å². The van der Waals surface area contributed by atoms with E-state index in [9.17, 15) is 9.59 Å². The van der Waals surface area contributed by atoms with Crippen molar-refractivity contribution < 1.29 is 14.3 Å². The van der Waals surface area contributed by atoms with Crippen LogP contribution in [-0.2, 0) is 9.53 Å². The van der Waals surface area contributed by atoms with Gasteiger partial charge in [0.1, 0.15) is 5.70 Å². The van der Waals surface area contributed by atoms with Crippen LogP contribution in [0.25, 0.3) is 10.8 Å². The van der Waals surface area contributed by atoms with Crippen LogP contribution in [0.5, 0.6) is 0 Å². The van der Waals surface area contributed by atoms with E-state index in [2.05, 4.69) is 20.9 Å². The highest BCUT2D eigenvalue weighted by Crippen LogP contribution is 2.21. The van der Waals surface area contributed by atoms with Gasteiger partial charge in [0.25, 0.3) is 11.8 Å². The zero-order valence-corrected chi connectivity index (χ0v) is 21.9. The van der Waals surface area contributed by atoms with Crippen molar-refractivity contribution in [1.29, 1.82) is 0 Å². The normalized spacial score (nSPS) is 18.1. The number of nitrogens with two attached hydrogens (primary N) is 1. The van der Waals surface area contributed by atoms with Crippen molar-refractivity contribution >= 4 is 51.3 Å². The smallest absolute Gasteiger partial charge is 0.267 e. The average Bonchev–Trinajstić information content (AvgIpc) is 2.86. The molecule has 1 fully saturated rings. The number of hydrogen-bond acceptors (Lipinski definition) is 5. The summed E-state index contributed by atoms with van der Waals surface area (Å²) in [6.07, 6.45) is 0.280. The van der Waals surface area contributed by atoms with Crippen molar-refractivity contribution in [2.24, 2.45) is 5.73 Å². The predicted molar refractivity (Wildman–Crippen MR) is 151 cm³/mol. The van der Waals surface area contributed by atoms with Crippen molar-refractivity contribution in [3.8, 4) is 0 Å². The Morgan fingerprint density at radius 3 is 2.24 bits per heavy atom. The van der Waals surface area contributed by atoms with Crippen LogP contribution in [0, 0.1) is 0 Å². The highest BCUT2D eigenvalue weighted by Gasteiger charge is 2.22. The van der Waals surface area contributed by atoms with Crippen LogP contribution in [0.15, 0.2) is 78.1 Å². The monoisotopic (exact) mass is 517 g/mol. The van der Waals surface area contributed by atoms with E-state index < -0.39 is 5.91 Å². The van der Waals surface area contributed by atoms with Gasteiger partial charge in [-0.3, -0.25) is 9.59 Å². The maximum absolute atomic E-state index is 12.9. The number of nitrogens with zero attached hydrogens (tertiary/aromatic N) is 1. The molecule has 2 amide bonds. The summed E-state index contributed by atoms with van der Waals surface area (Å²) in [5.74, 6) is -1.10. The number of morpholine rings is 1. The Morgan fingerprint density at radius 2 is 1.59 bits per heavy atom. The minimum absolute atomic E-state index is 0.000415. The third-order valence-corrected chi connectivity index (χ3v) is 6.29. The van der Waals surface area contributed by atoms with Crippen LogP contribution in [0.3, 0.4) is 0 Å². The molecule has 0 spiro atoms. The maximum atomic E-state index is 12.9. The topological polar surface area (TPSA) is 109 Å². The molecule has 1 aliphatic rings. The van der Waals surface area contributed by atoms with Crippen LogP contribution in [0.2, 0.25) is 0 Å². The summed E-state index contributed by atoms with van der Waals surface area (Å²) in [5.41, 5.74) is 8.08. The summed E-state index contributed by atoms with van der Waals surface area (Å²) >= 11 is 5.38. The van der Waals surface area contributed by atoms with E-state index >= 15 is 0 Å². The number of thiocarbonyl (C=S) groups is 1. The Balaban J connectivity index is 1.41. The molecule has 37 heavy (non-hydrogen) atoms. The molecule has 0 bridgehead atoms. The number of primary amides is 1. The number of ether oxygens (including phenoxy) is 1. The number of hydrogen-bond donors (Lipinski definition) is 4. The van der Waals surface area contributed by atoms with Crippen molar-refractivity contribution in [2.45, 2.75) is 33.0 Å². The average molecular weight is 518 g/mol. The van der Waals surface area contributed by atoms with E-state index in [0.29, 0.717) is 5.56 Å². The minimum atomic E-state index is -0.744. The van der Waals surface area contributed by atoms with Gasteiger partial charge in [0.05, 0.1) is 12.2 Å². The first-order valence-electron chi connectivity index (χ1n) is 12.1. The van der Waals surface area contributed by atoms with Crippen molar-refractivity contribution in [3.63, 3.8) is 0 Å². The lowest BCUT2D eigenvalue weighted by Gasteiger charge is -2.36. The second kappa shape index (κ2) is 11.4. The first-order chi connectivity index (χ1) is 17.7. The van der Waals surface area contributed by atoms with Crippen LogP contribution in [-0.4, -0.2) is 42.2 Å². The number of nitrogens with one attached hydrogen (secondary N) is 3. The maximum Gasteiger partial charge on any atom is 0.267 e. The van der Waals surface area contributed by atoms with Crippen LogP contribution in [0.4, 0.5) is 11.4 Å². The summed E-state index contributed by atoms with van der Waals surface area (Å²) in [5, 5.41) is 10.9. The molecule has 192 valence electrons. The van der Waals surface area contributed by atoms with E-state index in [1.54, 1.807) is 19.1 Å². The lowest BCUT2D eigenvalue weighted by Crippen LogP contribution is -2.45. The number of fused-ring (bicyclic) bond motifs is 1. The molecule has 2 atom stereocenters. The van der Waals surface area contributed by atoms with Gasteiger partial charge < -0.3 is 31.3 Å². The van der Waals surface area contributed by atoms with E-state index in [1.807, 2.05) is 68.4 Å². The molecule has 0 saturated carbocycles. The highest BCUT2D eigenvalue weighted by molar-refractivity contribution is 7.80. The van der Waals surface area contributed by atoms with Gasteiger partial charge in [-0.05, 0) is 80.2 Å². The number of carbonyl (C=O) groups is 2. The molecule has 0 aliphatic carbocycles. The van der Waals surface area contributed by atoms with Gasteiger partial charge in [-0.25, -0.2) is 0 Å². The van der Waals surface area contributed by atoms with Crippen molar-refractivity contribution in [3.05, 3.63) is 83.7 Å². The summed E-state index contributed by atoms with van der Waals surface area (Å²) in [4.78, 5) is 27.3. The van der Waals surface area contributed by atoms with Gasteiger partial charge in [0.2, 0.25) is 0 Å². The Labute approximate surface area is 221 Å². The summed E-state index contributed by atoms with van der Waals surface area (Å²) in [6.45, 7) is 7.27. The zero-order valence-electron chi connectivity index (χ0n) is 21.1. The molecule has 3 aromatic carbocycles. The number of allylic oxidation sites excluding steroid dienone is 1. The number of rotatable bonds is 6. The molecule has 1 saturated heterocycles. The lowest BCUT2D eigenvalue weighted by atomic mass is 10.1. The van der Waals surface area contributed by atoms with Gasteiger partial charge in [0.15, 0.2) is 5.11 Å². The fourth-order valence-electron chi connectivity index (χ4n) is 4.40. The Hall–Kier alpha value is -3.95. The first-order valence-corrected chi connectivity index (χ1v) is 12.5. The summed E-state index contributed by atoms with van der Waals surface area (Å²) in [6, 6.07) is 21.1. The Kier molecular flexibility index (Phi) is 8.05. The molecule has 1 aliphatic heterocycles. The molecule has 8 nitrogen and oxygen atoms in total. The van der Waals surface area contributed by atoms with Gasteiger partial charge in [-0.1, -0.05) is 30.3 Å². The van der Waals surface area contributed by atoms with Crippen LogP contribution in [0.1, 0.15) is 31.1 Å². The molecule has 4 rings (SSSR count). The third-order valence-electron chi connectivity index (χ3n) is 6.08. The molecule has 0 radical (unpaired) electrons. The molecule has 9 heteroatoms.